The quantitative estimate of drug-likeness (QED) is 0.406. The third kappa shape index (κ3) is 6.08. The molecule has 0 atom stereocenters. The van der Waals surface area contributed by atoms with Crippen LogP contribution in [0.1, 0.15) is 62.6 Å². The first kappa shape index (κ1) is 25.8. The number of hydrogen-bond donors (Lipinski definition) is 0. The van der Waals surface area contributed by atoms with Crippen LogP contribution in [0.25, 0.3) is 0 Å². The van der Waals surface area contributed by atoms with Crippen molar-refractivity contribution in [1.82, 2.24) is 14.7 Å². The lowest BCUT2D eigenvalue weighted by molar-refractivity contribution is -0.0493. The lowest BCUT2D eigenvalue weighted by Gasteiger charge is -2.31. The fourth-order valence-corrected chi connectivity index (χ4v) is 5.44. The summed E-state index contributed by atoms with van der Waals surface area (Å²) in [5.41, 5.74) is 1.60. The van der Waals surface area contributed by atoms with Crippen LogP contribution in [0.2, 0.25) is 0 Å². The Hall–Kier alpha value is -3.32. The van der Waals surface area contributed by atoms with Crippen LogP contribution >= 0.6 is 11.3 Å². The summed E-state index contributed by atoms with van der Waals surface area (Å²) in [4.78, 5) is 36.8. The molecule has 0 spiro atoms. The van der Waals surface area contributed by atoms with Crippen molar-refractivity contribution in [2.45, 2.75) is 44.6 Å². The van der Waals surface area contributed by atoms with Crippen molar-refractivity contribution in [3.05, 3.63) is 51.2 Å². The van der Waals surface area contributed by atoms with Crippen LogP contribution in [-0.4, -0.2) is 72.0 Å². The lowest BCUT2D eigenvalue weighted by Crippen LogP contribution is -2.42. The number of amides is 2. The third-order valence-corrected chi connectivity index (χ3v) is 7.64. The Morgan fingerprint density at radius 3 is 2.56 bits per heavy atom. The summed E-state index contributed by atoms with van der Waals surface area (Å²) in [5, 5.41) is 9.38. The van der Waals surface area contributed by atoms with Gasteiger partial charge >= 0.3 is 0 Å². The van der Waals surface area contributed by atoms with Gasteiger partial charge in [0.25, 0.3) is 17.7 Å². The molecule has 0 N–H and O–H groups in total. The van der Waals surface area contributed by atoms with E-state index in [1.165, 1.54) is 16.2 Å². The van der Waals surface area contributed by atoms with E-state index in [0.717, 1.165) is 42.8 Å². The van der Waals surface area contributed by atoms with E-state index in [1.54, 1.807) is 37.7 Å². The highest BCUT2D eigenvalue weighted by atomic mass is 32.1. The molecular weight excluding hydrogens is 484 g/mol. The number of thiophene rings is 1. The van der Waals surface area contributed by atoms with Gasteiger partial charge in [-0.3, -0.25) is 9.59 Å². The summed E-state index contributed by atoms with van der Waals surface area (Å²) in [5.74, 6) is -3.43. The van der Waals surface area contributed by atoms with Crippen LogP contribution in [0.15, 0.2) is 35.3 Å². The molecule has 0 radical (unpaired) electrons. The minimum Gasteiger partial charge on any atom is -0.363 e. The molecule has 1 aromatic carbocycles. The van der Waals surface area contributed by atoms with Crippen molar-refractivity contribution in [2.75, 3.05) is 33.2 Å². The maximum atomic E-state index is 13.6. The van der Waals surface area contributed by atoms with Crippen LogP contribution in [0.5, 0.6) is 0 Å². The van der Waals surface area contributed by atoms with E-state index in [0.29, 0.717) is 21.0 Å². The summed E-state index contributed by atoms with van der Waals surface area (Å²) in [6.45, 7) is 1.94. The van der Waals surface area contributed by atoms with E-state index in [-0.39, 0.29) is 44.3 Å². The van der Waals surface area contributed by atoms with Crippen molar-refractivity contribution in [2.24, 2.45) is 4.99 Å². The van der Waals surface area contributed by atoms with Gasteiger partial charge in [0.2, 0.25) is 0 Å². The van der Waals surface area contributed by atoms with E-state index in [9.17, 15) is 23.6 Å². The zero-order valence-corrected chi connectivity index (χ0v) is 21.1. The predicted octanol–water partition coefficient (Wildman–Crippen LogP) is 4.91. The number of likely N-dealkylation sites (tertiary alicyclic amines) is 2. The SMILES string of the molecule is CN(Cc1ccccc1C#N)C(=O)c1sc(C(=O)N2CCC(F)(F)CC2)cc1/N=C/N1CCCCC1. The number of piperidine rings is 2. The van der Waals surface area contributed by atoms with Crippen LogP contribution in [-0.2, 0) is 6.54 Å². The molecule has 4 rings (SSSR count). The molecule has 2 aliphatic rings. The Morgan fingerprint density at radius 2 is 1.86 bits per heavy atom. The van der Waals surface area contributed by atoms with E-state index in [4.69, 9.17) is 0 Å². The first-order valence-corrected chi connectivity index (χ1v) is 12.9. The lowest BCUT2D eigenvalue weighted by atomic mass is 10.1. The minimum atomic E-state index is -2.75. The molecule has 2 amide bonds. The number of nitriles is 1. The number of carbonyl (C=O) groups excluding carboxylic acids is 2. The molecular formula is C26H29F2N5O2S. The second kappa shape index (κ2) is 11.2. The predicted molar refractivity (Wildman–Crippen MR) is 135 cm³/mol. The molecule has 0 bridgehead atoms. The van der Waals surface area contributed by atoms with Crippen LogP contribution in [0.3, 0.4) is 0 Å². The van der Waals surface area contributed by atoms with Gasteiger partial charge in [0.15, 0.2) is 0 Å². The van der Waals surface area contributed by atoms with Crippen molar-refractivity contribution < 1.29 is 18.4 Å². The Labute approximate surface area is 213 Å². The van der Waals surface area contributed by atoms with Crippen molar-refractivity contribution in [3.63, 3.8) is 0 Å². The highest BCUT2D eigenvalue weighted by Gasteiger charge is 2.36. The molecule has 7 nitrogen and oxygen atoms in total. The van der Waals surface area contributed by atoms with Gasteiger partial charge in [-0.1, -0.05) is 18.2 Å². The summed E-state index contributed by atoms with van der Waals surface area (Å²) in [6.07, 6.45) is 4.32. The molecule has 2 aliphatic heterocycles. The monoisotopic (exact) mass is 513 g/mol. The molecule has 2 fully saturated rings. The molecule has 0 saturated carbocycles. The van der Waals surface area contributed by atoms with Gasteiger partial charge < -0.3 is 14.7 Å². The normalized spacial score (nSPS) is 17.7. The number of hydrogen-bond acceptors (Lipinski definition) is 5. The number of benzene rings is 1. The first-order valence-electron chi connectivity index (χ1n) is 12.1. The second-order valence-electron chi connectivity index (χ2n) is 9.24. The zero-order valence-electron chi connectivity index (χ0n) is 20.3. The molecule has 0 aliphatic carbocycles. The summed E-state index contributed by atoms with van der Waals surface area (Å²) >= 11 is 1.04. The number of alkyl halides is 2. The molecule has 190 valence electrons. The van der Waals surface area contributed by atoms with E-state index >= 15 is 0 Å². The summed E-state index contributed by atoms with van der Waals surface area (Å²) in [6, 6.07) is 10.8. The van der Waals surface area contributed by atoms with Gasteiger partial charge in [0, 0.05) is 52.6 Å². The minimum absolute atomic E-state index is 0.0236. The third-order valence-electron chi connectivity index (χ3n) is 6.54. The molecule has 3 heterocycles. The Kier molecular flexibility index (Phi) is 7.99. The zero-order chi connectivity index (χ0) is 25.7. The van der Waals surface area contributed by atoms with Crippen molar-refractivity contribution in [1.29, 1.82) is 5.26 Å². The average Bonchev–Trinajstić information content (AvgIpc) is 3.31. The maximum absolute atomic E-state index is 13.6. The van der Waals surface area contributed by atoms with Crippen LogP contribution in [0.4, 0.5) is 14.5 Å². The van der Waals surface area contributed by atoms with Crippen LogP contribution in [0, 0.1) is 11.3 Å². The largest absolute Gasteiger partial charge is 0.363 e. The number of halogens is 2. The van der Waals surface area contributed by atoms with Gasteiger partial charge in [0.1, 0.15) is 4.88 Å². The number of aliphatic imine (C=N–C) groups is 1. The summed E-state index contributed by atoms with van der Waals surface area (Å²) in [7, 11) is 1.64. The van der Waals surface area contributed by atoms with E-state index < -0.39 is 5.92 Å². The van der Waals surface area contributed by atoms with Gasteiger partial charge in [0.05, 0.1) is 28.5 Å². The Bertz CT molecular complexity index is 1170. The Morgan fingerprint density at radius 1 is 1.17 bits per heavy atom. The topological polar surface area (TPSA) is 80.0 Å². The van der Waals surface area contributed by atoms with Gasteiger partial charge in [-0.15, -0.1) is 11.3 Å². The highest BCUT2D eigenvalue weighted by Crippen LogP contribution is 2.34. The number of carbonyl (C=O) groups is 2. The molecule has 1 aromatic heterocycles. The number of nitrogens with zero attached hydrogens (tertiary/aromatic N) is 5. The van der Waals surface area contributed by atoms with Gasteiger partial charge in [-0.25, -0.2) is 13.8 Å². The fourth-order valence-electron chi connectivity index (χ4n) is 4.37. The van der Waals surface area contributed by atoms with Crippen molar-refractivity contribution in [3.8, 4) is 6.07 Å². The van der Waals surface area contributed by atoms with Crippen LogP contribution < -0.4 is 0 Å². The molecule has 10 heteroatoms. The second-order valence-corrected chi connectivity index (χ2v) is 10.3. The molecule has 0 unspecified atom stereocenters. The summed E-state index contributed by atoms with van der Waals surface area (Å²) < 4.78 is 27.2. The maximum Gasteiger partial charge on any atom is 0.266 e. The van der Waals surface area contributed by atoms with Crippen molar-refractivity contribution >= 4 is 35.2 Å². The fraction of sp³-hybridized carbons (Fsp3) is 0.462. The first-order chi connectivity index (χ1) is 17.3. The highest BCUT2D eigenvalue weighted by molar-refractivity contribution is 7.16. The van der Waals surface area contributed by atoms with Gasteiger partial charge in [-0.05, 0) is 37.0 Å². The standard InChI is InChI=1S/C26H29F2N5O2S/c1-31(17-20-8-4-3-7-19(20)16-29)25(35)23-21(30-18-32-11-5-2-6-12-32)15-22(36-23)24(34)33-13-9-26(27,28)10-14-33/h3-4,7-8,15,18H,2,5-6,9-14,17H2,1H3/b30-18+. The number of rotatable bonds is 6. The molecule has 2 aromatic rings. The van der Waals surface area contributed by atoms with E-state index in [2.05, 4.69) is 16.0 Å². The molecule has 36 heavy (non-hydrogen) atoms. The Balaban J connectivity index is 1.58. The van der Waals surface area contributed by atoms with E-state index in [1.807, 2.05) is 6.07 Å². The average molecular weight is 514 g/mol. The van der Waals surface area contributed by atoms with Gasteiger partial charge in [-0.2, -0.15) is 5.26 Å². The smallest absolute Gasteiger partial charge is 0.266 e. The molecule has 2 saturated heterocycles.